The summed E-state index contributed by atoms with van der Waals surface area (Å²) >= 11 is 7.57. The van der Waals surface area contributed by atoms with E-state index >= 15 is 0 Å². The second kappa shape index (κ2) is 8.65. The van der Waals surface area contributed by atoms with Gasteiger partial charge in [0, 0.05) is 52.4 Å². The number of rotatable bonds is 4. The highest BCUT2D eigenvalue weighted by molar-refractivity contribution is 7.21. The minimum Gasteiger partial charge on any atom is -0.420 e. The quantitative estimate of drug-likeness (QED) is 0.393. The van der Waals surface area contributed by atoms with Gasteiger partial charge in [-0.2, -0.15) is 4.98 Å². The molecule has 5 heterocycles. The van der Waals surface area contributed by atoms with E-state index in [9.17, 15) is 4.79 Å². The third-order valence-electron chi connectivity index (χ3n) is 6.25. The number of nitrogens with one attached hydrogen (secondary N) is 2. The highest BCUT2D eigenvalue weighted by atomic mass is 35.5. The van der Waals surface area contributed by atoms with Gasteiger partial charge >= 0.3 is 0 Å². The number of carbonyl (C=O) groups excluding carboxylic acids is 1. The van der Waals surface area contributed by atoms with Crippen molar-refractivity contribution in [3.63, 3.8) is 0 Å². The molecule has 0 bridgehead atoms. The van der Waals surface area contributed by atoms with E-state index in [1.54, 1.807) is 6.20 Å². The molecule has 4 aromatic rings. The Labute approximate surface area is 205 Å². The third-order valence-corrected chi connectivity index (χ3v) is 7.59. The molecule has 2 aliphatic heterocycles. The van der Waals surface area contributed by atoms with Gasteiger partial charge < -0.3 is 15.4 Å². The average molecular weight is 495 g/mol. The summed E-state index contributed by atoms with van der Waals surface area (Å²) in [6, 6.07) is 7.85. The number of anilines is 1. The van der Waals surface area contributed by atoms with Crippen LogP contribution in [-0.2, 0) is 6.54 Å². The van der Waals surface area contributed by atoms with Crippen molar-refractivity contribution in [1.29, 1.82) is 0 Å². The molecule has 2 N–H and O–H groups in total. The molecule has 1 saturated heterocycles. The second-order valence-corrected chi connectivity index (χ2v) is 10.2. The molecule has 0 saturated carbocycles. The molecule has 10 heteroatoms. The van der Waals surface area contributed by atoms with Gasteiger partial charge in [0.1, 0.15) is 4.88 Å². The number of aromatic nitrogens is 3. The molecule has 34 heavy (non-hydrogen) atoms. The van der Waals surface area contributed by atoms with Gasteiger partial charge in [-0.25, -0.2) is 9.97 Å². The maximum atomic E-state index is 12.7. The van der Waals surface area contributed by atoms with E-state index < -0.39 is 0 Å². The van der Waals surface area contributed by atoms with Crippen molar-refractivity contribution in [2.75, 3.05) is 25.0 Å². The van der Waals surface area contributed by atoms with E-state index in [2.05, 4.69) is 25.5 Å². The Hall–Kier alpha value is -3.01. The van der Waals surface area contributed by atoms with Crippen molar-refractivity contribution >= 4 is 55.5 Å². The number of halogens is 1. The monoisotopic (exact) mass is 494 g/mol. The largest absolute Gasteiger partial charge is 0.420 e. The summed E-state index contributed by atoms with van der Waals surface area (Å²) in [5.74, 6) is 0.822. The van der Waals surface area contributed by atoms with Crippen LogP contribution in [0.2, 0.25) is 5.28 Å². The standard InChI is InChI=1S/C24H23ClN6O2S/c1-13-10-26-20-19-15-4-7-18(29-16(15)5-6-17(19)34-21(20)22(32)28-13)33-23-14(11-27-24(25)30-23)12-31-8-2-3-9-31/h4-7,11,13,26H,2-3,8-10,12H2,1H3,(H,28,32)/t13-/m1/s1. The topological polar surface area (TPSA) is 92.3 Å². The second-order valence-electron chi connectivity index (χ2n) is 8.77. The predicted molar refractivity (Wildman–Crippen MR) is 134 cm³/mol. The van der Waals surface area contributed by atoms with Crippen LogP contribution in [0, 0.1) is 0 Å². The van der Waals surface area contributed by atoms with E-state index in [0.29, 0.717) is 29.7 Å². The number of fused-ring (bicyclic) bond motifs is 5. The van der Waals surface area contributed by atoms with Crippen LogP contribution in [0.25, 0.3) is 21.0 Å². The van der Waals surface area contributed by atoms with Crippen LogP contribution in [0.4, 0.5) is 5.69 Å². The van der Waals surface area contributed by atoms with Crippen LogP contribution in [-0.4, -0.2) is 51.4 Å². The first-order valence-electron chi connectivity index (χ1n) is 11.4. The maximum absolute atomic E-state index is 12.7. The lowest BCUT2D eigenvalue weighted by molar-refractivity contribution is 0.0949. The van der Waals surface area contributed by atoms with Crippen LogP contribution >= 0.6 is 22.9 Å². The third kappa shape index (κ3) is 3.93. The minimum atomic E-state index is -0.0408. The zero-order valence-corrected chi connectivity index (χ0v) is 20.2. The molecule has 3 aromatic heterocycles. The number of ether oxygens (including phenoxy) is 1. The summed E-state index contributed by atoms with van der Waals surface area (Å²) in [7, 11) is 0. The molecule has 6 rings (SSSR count). The van der Waals surface area contributed by atoms with Crippen LogP contribution in [0.15, 0.2) is 30.5 Å². The number of hydrogen-bond acceptors (Lipinski definition) is 8. The Morgan fingerprint density at radius 3 is 2.91 bits per heavy atom. The fourth-order valence-electron chi connectivity index (χ4n) is 4.61. The summed E-state index contributed by atoms with van der Waals surface area (Å²) in [5.41, 5.74) is 2.54. The van der Waals surface area contributed by atoms with E-state index in [1.165, 1.54) is 24.2 Å². The van der Waals surface area contributed by atoms with Crippen LogP contribution in [0.5, 0.6) is 11.8 Å². The van der Waals surface area contributed by atoms with Gasteiger partial charge in [0.25, 0.3) is 5.91 Å². The van der Waals surface area contributed by atoms with Crippen molar-refractivity contribution in [3.8, 4) is 11.8 Å². The van der Waals surface area contributed by atoms with Crippen molar-refractivity contribution < 1.29 is 9.53 Å². The van der Waals surface area contributed by atoms with Crippen molar-refractivity contribution in [2.45, 2.75) is 32.4 Å². The van der Waals surface area contributed by atoms with Gasteiger partial charge in [-0.1, -0.05) is 0 Å². The first-order chi connectivity index (χ1) is 16.5. The molecule has 0 radical (unpaired) electrons. The number of thiophene rings is 1. The normalized spacial score (nSPS) is 18.5. The summed E-state index contributed by atoms with van der Waals surface area (Å²) in [4.78, 5) is 28.9. The number of benzene rings is 1. The number of carbonyl (C=O) groups is 1. The predicted octanol–water partition coefficient (Wildman–Crippen LogP) is 4.82. The fraction of sp³-hybridized carbons (Fsp3) is 0.333. The van der Waals surface area contributed by atoms with E-state index in [4.69, 9.17) is 21.3 Å². The highest BCUT2D eigenvalue weighted by Crippen LogP contribution is 2.41. The zero-order chi connectivity index (χ0) is 23.2. The first-order valence-corrected chi connectivity index (χ1v) is 12.6. The zero-order valence-electron chi connectivity index (χ0n) is 18.6. The van der Waals surface area contributed by atoms with Crippen molar-refractivity contribution in [2.24, 2.45) is 0 Å². The maximum Gasteiger partial charge on any atom is 0.263 e. The Morgan fingerprint density at radius 2 is 2.06 bits per heavy atom. The van der Waals surface area contributed by atoms with Crippen LogP contribution in [0.3, 0.4) is 0 Å². The molecule has 0 aliphatic carbocycles. The molecule has 1 atom stereocenters. The molecule has 0 spiro atoms. The van der Waals surface area contributed by atoms with Gasteiger partial charge in [0.15, 0.2) is 0 Å². The lowest BCUT2D eigenvalue weighted by Gasteiger charge is -2.16. The summed E-state index contributed by atoms with van der Waals surface area (Å²) in [5, 5.41) is 8.60. The molecule has 2 aliphatic rings. The molecule has 8 nitrogen and oxygen atoms in total. The van der Waals surface area contributed by atoms with Gasteiger partial charge in [-0.05, 0) is 62.7 Å². The number of hydrogen-bond donors (Lipinski definition) is 2. The Morgan fingerprint density at radius 1 is 1.21 bits per heavy atom. The Kier molecular flexibility index (Phi) is 5.47. The molecule has 0 unspecified atom stereocenters. The Balaban J connectivity index is 1.37. The van der Waals surface area contributed by atoms with E-state index in [-0.39, 0.29) is 17.2 Å². The van der Waals surface area contributed by atoms with Gasteiger partial charge in [0.05, 0.1) is 11.2 Å². The summed E-state index contributed by atoms with van der Waals surface area (Å²) in [6.45, 7) is 5.49. The van der Waals surface area contributed by atoms with Crippen molar-refractivity contribution in [1.82, 2.24) is 25.2 Å². The Bertz CT molecular complexity index is 1420. The lowest BCUT2D eigenvalue weighted by atomic mass is 10.1. The highest BCUT2D eigenvalue weighted by Gasteiger charge is 2.25. The van der Waals surface area contributed by atoms with Crippen molar-refractivity contribution in [3.05, 3.63) is 46.2 Å². The van der Waals surface area contributed by atoms with E-state index in [0.717, 1.165) is 45.3 Å². The van der Waals surface area contributed by atoms with Gasteiger partial charge in [-0.15, -0.1) is 11.3 Å². The summed E-state index contributed by atoms with van der Waals surface area (Å²) < 4.78 is 7.16. The fourth-order valence-corrected chi connectivity index (χ4v) is 5.84. The lowest BCUT2D eigenvalue weighted by Crippen LogP contribution is -2.34. The van der Waals surface area contributed by atoms with Gasteiger partial charge in [-0.3, -0.25) is 9.69 Å². The smallest absolute Gasteiger partial charge is 0.263 e. The van der Waals surface area contributed by atoms with Crippen LogP contribution < -0.4 is 15.4 Å². The van der Waals surface area contributed by atoms with Gasteiger partial charge in [0.2, 0.25) is 17.0 Å². The number of amides is 1. The molecular weight excluding hydrogens is 472 g/mol. The molecule has 1 fully saturated rings. The number of likely N-dealkylation sites (tertiary alicyclic amines) is 1. The average Bonchev–Trinajstić information content (AvgIpc) is 3.44. The molecular formula is C24H23ClN6O2S. The molecule has 1 amide bonds. The minimum absolute atomic E-state index is 0.0408. The SMILES string of the molecule is C[C@@H]1CNc2c(sc3ccc4nc(Oc5nc(Cl)ncc5CN5CCCC5)ccc4c23)C(=O)N1. The molecule has 174 valence electrons. The number of pyridine rings is 1. The molecule has 1 aromatic carbocycles. The van der Waals surface area contributed by atoms with Crippen LogP contribution in [0.1, 0.15) is 35.0 Å². The summed E-state index contributed by atoms with van der Waals surface area (Å²) in [6.07, 6.45) is 4.13. The van der Waals surface area contributed by atoms with E-state index in [1.807, 2.05) is 31.2 Å². The number of nitrogens with zero attached hydrogens (tertiary/aromatic N) is 4. The first kappa shape index (κ1) is 21.5.